The molecule has 1 aromatic heterocycles. The van der Waals surface area contributed by atoms with Gasteiger partial charge in [-0.05, 0) is 66.7 Å². The molecule has 1 heterocycles. The Morgan fingerprint density at radius 1 is 0.485 bits per heavy atom. The van der Waals surface area contributed by atoms with Crippen molar-refractivity contribution in [3.8, 4) is 5.69 Å². The summed E-state index contributed by atoms with van der Waals surface area (Å²) in [5.41, 5.74) is 6.95. The van der Waals surface area contributed by atoms with E-state index < -0.39 is 0 Å². The highest BCUT2D eigenvalue weighted by atomic mass is 79.9. The van der Waals surface area contributed by atoms with E-state index in [0.29, 0.717) is 0 Å². The molecule has 0 unspecified atom stereocenters. The standard InChI is InChI=1S/C30H21BrN2/c31-22-16-18-27-28-21-26(32(23-10-4-1-5-11-23)24-12-6-2-7-13-24)17-19-29(28)33(30(27)20-22)25-14-8-3-9-15-25/h1-21H. The predicted octanol–water partition coefficient (Wildman–Crippen LogP) is 9.02. The van der Waals surface area contributed by atoms with Crippen LogP contribution in [-0.4, -0.2) is 4.57 Å². The molecule has 0 amide bonds. The van der Waals surface area contributed by atoms with Crippen LogP contribution in [0.25, 0.3) is 27.5 Å². The minimum atomic E-state index is 1.07. The van der Waals surface area contributed by atoms with Crippen molar-refractivity contribution in [3.05, 3.63) is 132 Å². The zero-order valence-electron chi connectivity index (χ0n) is 17.9. The van der Waals surface area contributed by atoms with E-state index in [4.69, 9.17) is 0 Å². The van der Waals surface area contributed by atoms with E-state index in [0.717, 1.165) is 27.2 Å². The summed E-state index contributed by atoms with van der Waals surface area (Å²) in [7, 11) is 0. The maximum Gasteiger partial charge on any atom is 0.0552 e. The van der Waals surface area contributed by atoms with E-state index in [1.807, 2.05) is 0 Å². The first-order chi connectivity index (χ1) is 16.3. The van der Waals surface area contributed by atoms with Crippen molar-refractivity contribution in [3.63, 3.8) is 0 Å². The number of nitrogens with zero attached hydrogens (tertiary/aromatic N) is 2. The molecule has 6 rings (SSSR count). The lowest BCUT2D eigenvalue weighted by atomic mass is 10.1. The molecule has 3 heteroatoms. The summed E-state index contributed by atoms with van der Waals surface area (Å²) in [5, 5.41) is 2.47. The third-order valence-corrected chi connectivity index (χ3v) is 6.51. The largest absolute Gasteiger partial charge is 0.310 e. The van der Waals surface area contributed by atoms with Crippen LogP contribution in [0.15, 0.2) is 132 Å². The maximum atomic E-state index is 3.67. The molecule has 0 aliphatic heterocycles. The smallest absolute Gasteiger partial charge is 0.0552 e. The van der Waals surface area contributed by atoms with Crippen LogP contribution in [0, 0.1) is 0 Å². The predicted molar refractivity (Wildman–Crippen MR) is 143 cm³/mol. The van der Waals surface area contributed by atoms with Crippen molar-refractivity contribution in [2.75, 3.05) is 4.90 Å². The van der Waals surface area contributed by atoms with Crippen molar-refractivity contribution in [1.29, 1.82) is 0 Å². The van der Waals surface area contributed by atoms with Crippen LogP contribution in [0.2, 0.25) is 0 Å². The van der Waals surface area contributed by atoms with Crippen LogP contribution >= 0.6 is 15.9 Å². The molecule has 2 nitrogen and oxygen atoms in total. The fraction of sp³-hybridized carbons (Fsp3) is 0. The Morgan fingerprint density at radius 3 is 1.73 bits per heavy atom. The zero-order valence-corrected chi connectivity index (χ0v) is 19.5. The summed E-state index contributed by atoms with van der Waals surface area (Å²) >= 11 is 3.67. The van der Waals surface area contributed by atoms with Gasteiger partial charge in [0.25, 0.3) is 0 Å². The summed E-state index contributed by atoms with van der Waals surface area (Å²) in [5.74, 6) is 0. The number of anilines is 3. The molecule has 0 aliphatic carbocycles. The van der Waals surface area contributed by atoms with Crippen molar-refractivity contribution in [2.24, 2.45) is 0 Å². The summed E-state index contributed by atoms with van der Waals surface area (Å²) in [6.45, 7) is 0. The van der Waals surface area contributed by atoms with Crippen LogP contribution in [-0.2, 0) is 0 Å². The molecular formula is C30H21BrN2. The topological polar surface area (TPSA) is 8.17 Å². The lowest BCUT2D eigenvalue weighted by molar-refractivity contribution is 1.18. The maximum absolute atomic E-state index is 3.67. The molecular weight excluding hydrogens is 468 g/mol. The number of fused-ring (bicyclic) bond motifs is 3. The van der Waals surface area contributed by atoms with Gasteiger partial charge in [0.05, 0.1) is 11.0 Å². The summed E-state index contributed by atoms with van der Waals surface area (Å²) in [6, 6.07) is 44.9. The highest BCUT2D eigenvalue weighted by molar-refractivity contribution is 9.10. The Kier molecular flexibility index (Phi) is 4.97. The minimum absolute atomic E-state index is 1.07. The molecule has 33 heavy (non-hydrogen) atoms. The average Bonchev–Trinajstić information content (AvgIpc) is 3.19. The SMILES string of the molecule is Brc1ccc2c3cc(N(c4ccccc4)c4ccccc4)ccc3n(-c3ccccc3)c2c1. The molecule has 0 N–H and O–H groups in total. The number of rotatable bonds is 4. The van der Waals surface area contributed by atoms with Crippen molar-refractivity contribution >= 4 is 54.8 Å². The third kappa shape index (κ3) is 3.51. The second kappa shape index (κ2) is 8.27. The molecule has 158 valence electrons. The molecule has 0 saturated carbocycles. The first-order valence-electron chi connectivity index (χ1n) is 11.0. The second-order valence-corrected chi connectivity index (χ2v) is 8.96. The number of hydrogen-bond donors (Lipinski definition) is 0. The Balaban J connectivity index is 1.63. The number of aromatic nitrogens is 1. The number of para-hydroxylation sites is 3. The van der Waals surface area contributed by atoms with Gasteiger partial charge in [0.1, 0.15) is 0 Å². The van der Waals surface area contributed by atoms with Crippen molar-refractivity contribution in [2.45, 2.75) is 0 Å². The van der Waals surface area contributed by atoms with Gasteiger partial charge in [-0.15, -0.1) is 0 Å². The lowest BCUT2D eigenvalue weighted by Crippen LogP contribution is -2.09. The molecule has 5 aromatic carbocycles. The molecule has 0 saturated heterocycles. The molecule has 6 aromatic rings. The van der Waals surface area contributed by atoms with Gasteiger partial charge in [-0.2, -0.15) is 0 Å². The minimum Gasteiger partial charge on any atom is -0.310 e. The molecule has 0 aliphatic rings. The number of benzene rings is 5. The highest BCUT2D eigenvalue weighted by Gasteiger charge is 2.17. The summed E-state index contributed by atoms with van der Waals surface area (Å²) < 4.78 is 3.42. The second-order valence-electron chi connectivity index (χ2n) is 8.04. The van der Waals surface area contributed by atoms with Crippen LogP contribution in [0.4, 0.5) is 17.1 Å². The van der Waals surface area contributed by atoms with E-state index in [1.165, 1.54) is 21.8 Å². The van der Waals surface area contributed by atoms with E-state index in [-0.39, 0.29) is 0 Å². The van der Waals surface area contributed by atoms with Gasteiger partial charge < -0.3 is 9.47 Å². The van der Waals surface area contributed by atoms with E-state index >= 15 is 0 Å². The molecule has 0 radical (unpaired) electrons. The zero-order chi connectivity index (χ0) is 22.2. The normalized spacial score (nSPS) is 11.2. The van der Waals surface area contributed by atoms with E-state index in [2.05, 4.69) is 153 Å². The van der Waals surface area contributed by atoms with Crippen molar-refractivity contribution < 1.29 is 0 Å². The third-order valence-electron chi connectivity index (χ3n) is 6.01. The van der Waals surface area contributed by atoms with Crippen LogP contribution in [0.3, 0.4) is 0 Å². The average molecular weight is 489 g/mol. The first kappa shape index (κ1) is 19.8. The Bertz CT molecular complexity index is 1520. The van der Waals surface area contributed by atoms with Gasteiger partial charge in [-0.1, -0.05) is 76.6 Å². The van der Waals surface area contributed by atoms with Crippen molar-refractivity contribution in [1.82, 2.24) is 4.57 Å². The Morgan fingerprint density at radius 2 is 1.09 bits per heavy atom. The van der Waals surface area contributed by atoms with Gasteiger partial charge in [-0.3, -0.25) is 0 Å². The molecule has 0 spiro atoms. The van der Waals surface area contributed by atoms with Gasteiger partial charge in [0, 0.05) is 38.0 Å². The summed E-state index contributed by atoms with van der Waals surface area (Å²) in [6.07, 6.45) is 0. The number of hydrogen-bond acceptors (Lipinski definition) is 1. The molecule has 0 atom stereocenters. The van der Waals surface area contributed by atoms with Crippen LogP contribution in [0.1, 0.15) is 0 Å². The lowest BCUT2D eigenvalue weighted by Gasteiger charge is -2.25. The van der Waals surface area contributed by atoms with Gasteiger partial charge in [-0.25, -0.2) is 0 Å². The van der Waals surface area contributed by atoms with Crippen LogP contribution < -0.4 is 4.90 Å². The molecule has 0 bridgehead atoms. The quantitative estimate of drug-likeness (QED) is 0.240. The highest BCUT2D eigenvalue weighted by Crippen LogP contribution is 2.39. The van der Waals surface area contributed by atoms with Crippen LogP contribution in [0.5, 0.6) is 0 Å². The first-order valence-corrected chi connectivity index (χ1v) is 11.8. The Labute approximate surface area is 201 Å². The van der Waals surface area contributed by atoms with Gasteiger partial charge in [0.15, 0.2) is 0 Å². The summed E-state index contributed by atoms with van der Waals surface area (Å²) in [4.78, 5) is 2.31. The van der Waals surface area contributed by atoms with Gasteiger partial charge in [0.2, 0.25) is 0 Å². The number of halogens is 1. The fourth-order valence-electron chi connectivity index (χ4n) is 4.58. The monoisotopic (exact) mass is 488 g/mol. The van der Waals surface area contributed by atoms with Gasteiger partial charge >= 0.3 is 0 Å². The molecule has 0 fully saturated rings. The Hall–Kier alpha value is -3.82. The fourth-order valence-corrected chi connectivity index (χ4v) is 4.93. The van der Waals surface area contributed by atoms with E-state index in [1.54, 1.807) is 0 Å². The van der Waals surface area contributed by atoms with E-state index in [9.17, 15) is 0 Å².